The second-order valence-corrected chi connectivity index (χ2v) is 4.21. The highest BCUT2D eigenvalue weighted by Gasteiger charge is 2.40. The Morgan fingerprint density at radius 3 is 2.41 bits per heavy atom. The number of hydrogen-bond acceptors (Lipinski definition) is 7. The van der Waals surface area contributed by atoms with Gasteiger partial charge in [0, 0.05) is 5.56 Å². The number of ether oxygens (including phenoxy) is 4. The van der Waals surface area contributed by atoms with Gasteiger partial charge in [0.2, 0.25) is 0 Å². The average molecular weight is 306 g/mol. The highest BCUT2D eigenvalue weighted by molar-refractivity contribution is 6.51. The Hall–Kier alpha value is -2.83. The van der Waals surface area contributed by atoms with E-state index >= 15 is 0 Å². The minimum atomic E-state index is -1.12. The summed E-state index contributed by atoms with van der Waals surface area (Å²) in [5, 5.41) is 0. The molecule has 116 valence electrons. The summed E-state index contributed by atoms with van der Waals surface area (Å²) in [5.41, 5.74) is -0.0843. The van der Waals surface area contributed by atoms with E-state index in [0.29, 0.717) is 17.1 Å². The first-order valence-corrected chi connectivity index (χ1v) is 6.43. The molecule has 0 aliphatic carbocycles. The van der Waals surface area contributed by atoms with Crippen LogP contribution in [0.25, 0.3) is 5.76 Å². The van der Waals surface area contributed by atoms with E-state index < -0.39 is 23.3 Å². The maximum atomic E-state index is 11.9. The normalized spacial score (nSPS) is 14.0. The number of methoxy groups -OCH3 is 2. The van der Waals surface area contributed by atoms with Gasteiger partial charge < -0.3 is 18.9 Å². The molecule has 1 aliphatic heterocycles. The maximum absolute atomic E-state index is 11.9. The van der Waals surface area contributed by atoms with Crippen molar-refractivity contribution in [2.24, 2.45) is 0 Å². The second kappa shape index (κ2) is 6.30. The van der Waals surface area contributed by atoms with Crippen LogP contribution in [0, 0.1) is 0 Å². The van der Waals surface area contributed by atoms with Crippen molar-refractivity contribution in [1.29, 1.82) is 0 Å². The van der Waals surface area contributed by atoms with Gasteiger partial charge in [0.05, 0.1) is 20.8 Å². The number of hydrogen-bond donors (Lipinski definition) is 0. The third-order valence-electron chi connectivity index (χ3n) is 2.96. The first kappa shape index (κ1) is 15.6. The van der Waals surface area contributed by atoms with Crippen molar-refractivity contribution in [1.82, 2.24) is 0 Å². The predicted molar refractivity (Wildman–Crippen MR) is 74.2 cm³/mol. The lowest BCUT2D eigenvalue weighted by Crippen LogP contribution is -2.17. The highest BCUT2D eigenvalue weighted by Crippen LogP contribution is 2.34. The van der Waals surface area contributed by atoms with Gasteiger partial charge in [-0.3, -0.25) is 4.79 Å². The quantitative estimate of drug-likeness (QED) is 0.457. The molecule has 0 radical (unpaired) electrons. The number of rotatable bonds is 5. The van der Waals surface area contributed by atoms with Crippen molar-refractivity contribution >= 4 is 23.5 Å². The fourth-order valence-electron chi connectivity index (χ4n) is 1.96. The molecule has 22 heavy (non-hydrogen) atoms. The Morgan fingerprint density at radius 2 is 1.82 bits per heavy atom. The fourth-order valence-corrected chi connectivity index (χ4v) is 1.96. The van der Waals surface area contributed by atoms with Crippen LogP contribution in [0.3, 0.4) is 0 Å². The lowest BCUT2D eigenvalue weighted by atomic mass is 10.1. The van der Waals surface area contributed by atoms with Crippen LogP contribution < -0.4 is 9.47 Å². The van der Waals surface area contributed by atoms with E-state index in [0.717, 1.165) is 0 Å². The first-order valence-electron chi connectivity index (χ1n) is 6.43. The number of carbonyl (C=O) groups is 3. The topological polar surface area (TPSA) is 88.1 Å². The summed E-state index contributed by atoms with van der Waals surface area (Å²) in [6.07, 6.45) is 0. The van der Waals surface area contributed by atoms with Crippen LogP contribution in [0.4, 0.5) is 0 Å². The molecule has 1 aromatic carbocycles. The van der Waals surface area contributed by atoms with Gasteiger partial charge in [0.15, 0.2) is 22.8 Å². The van der Waals surface area contributed by atoms with Gasteiger partial charge >= 0.3 is 11.9 Å². The van der Waals surface area contributed by atoms with Crippen molar-refractivity contribution < 1.29 is 33.3 Å². The summed E-state index contributed by atoms with van der Waals surface area (Å²) >= 11 is 0. The molecule has 1 aromatic rings. The molecule has 0 fully saturated rings. The van der Waals surface area contributed by atoms with Gasteiger partial charge in [-0.05, 0) is 25.1 Å². The minimum Gasteiger partial charge on any atom is -0.493 e. The monoisotopic (exact) mass is 306 g/mol. The van der Waals surface area contributed by atoms with Gasteiger partial charge in [-0.15, -0.1) is 0 Å². The van der Waals surface area contributed by atoms with E-state index in [2.05, 4.69) is 0 Å². The Bertz CT molecular complexity index is 672. The molecule has 0 N–H and O–H groups in total. The summed E-state index contributed by atoms with van der Waals surface area (Å²) in [6.45, 7) is 1.67. The van der Waals surface area contributed by atoms with E-state index in [1.807, 2.05) is 0 Å². The highest BCUT2D eigenvalue weighted by atomic mass is 16.6. The molecular weight excluding hydrogens is 292 g/mol. The van der Waals surface area contributed by atoms with E-state index in [-0.39, 0.29) is 12.4 Å². The van der Waals surface area contributed by atoms with E-state index in [1.165, 1.54) is 20.3 Å². The van der Waals surface area contributed by atoms with Crippen molar-refractivity contribution in [2.75, 3.05) is 20.8 Å². The Labute approximate surface area is 126 Å². The molecule has 7 nitrogen and oxygen atoms in total. The van der Waals surface area contributed by atoms with Crippen molar-refractivity contribution in [3.05, 3.63) is 29.3 Å². The van der Waals surface area contributed by atoms with Crippen molar-refractivity contribution in [2.45, 2.75) is 6.92 Å². The SMILES string of the molecule is CCOC(=O)C1=C(c2ccc(OC)c(OC)c2)OC(=O)C1=O. The largest absolute Gasteiger partial charge is 0.493 e. The minimum absolute atomic E-state index is 0.0724. The molecule has 0 saturated carbocycles. The number of benzene rings is 1. The molecule has 2 rings (SSSR count). The lowest BCUT2D eigenvalue weighted by Gasteiger charge is -2.10. The van der Waals surface area contributed by atoms with Gasteiger partial charge in [-0.1, -0.05) is 0 Å². The summed E-state index contributed by atoms with van der Waals surface area (Å²) in [7, 11) is 2.91. The third kappa shape index (κ3) is 2.65. The number of ketones is 1. The summed E-state index contributed by atoms with van der Waals surface area (Å²) in [4.78, 5) is 35.1. The van der Waals surface area contributed by atoms with Gasteiger partial charge in [0.25, 0.3) is 5.78 Å². The fraction of sp³-hybridized carbons (Fsp3) is 0.267. The molecular formula is C15H14O7. The Kier molecular flexibility index (Phi) is 4.45. The number of esters is 2. The molecule has 0 bridgehead atoms. The first-order chi connectivity index (χ1) is 10.5. The lowest BCUT2D eigenvalue weighted by molar-refractivity contribution is -0.147. The zero-order valence-electron chi connectivity index (χ0n) is 12.3. The van der Waals surface area contributed by atoms with Gasteiger partial charge in [0.1, 0.15) is 0 Å². The molecule has 0 saturated heterocycles. The molecule has 1 aliphatic rings. The zero-order valence-corrected chi connectivity index (χ0v) is 12.3. The molecule has 0 aromatic heterocycles. The second-order valence-electron chi connectivity index (χ2n) is 4.21. The summed E-state index contributed by atoms with van der Waals surface area (Å²) in [6, 6.07) is 4.61. The molecule has 7 heteroatoms. The molecule has 0 amide bonds. The number of cyclic esters (lactones) is 1. The number of Topliss-reactive ketones (excluding diaryl/α,β-unsaturated/α-hetero) is 1. The van der Waals surface area contributed by atoms with E-state index in [9.17, 15) is 14.4 Å². The predicted octanol–water partition coefficient (Wildman–Crippen LogP) is 1.10. The maximum Gasteiger partial charge on any atom is 0.385 e. The standard InChI is InChI=1S/C15H14O7/c1-4-21-14(17)11-12(16)15(18)22-13(11)8-5-6-9(19-2)10(7-8)20-3/h5-7H,4H2,1-3H3. The number of carbonyl (C=O) groups excluding carboxylic acids is 3. The zero-order chi connectivity index (χ0) is 16.3. The van der Waals surface area contributed by atoms with Crippen LogP contribution in [0.1, 0.15) is 12.5 Å². The average Bonchev–Trinajstić information content (AvgIpc) is 2.82. The van der Waals surface area contributed by atoms with Gasteiger partial charge in [-0.2, -0.15) is 0 Å². The van der Waals surface area contributed by atoms with E-state index in [1.54, 1.807) is 19.1 Å². The van der Waals surface area contributed by atoms with Crippen LogP contribution in [-0.2, 0) is 23.9 Å². The van der Waals surface area contributed by atoms with E-state index in [4.69, 9.17) is 18.9 Å². The third-order valence-corrected chi connectivity index (χ3v) is 2.96. The Morgan fingerprint density at radius 1 is 1.14 bits per heavy atom. The summed E-state index contributed by atoms with van der Waals surface area (Å²) < 4.78 is 19.9. The summed E-state index contributed by atoms with van der Waals surface area (Å²) in [5.74, 6) is -2.36. The smallest absolute Gasteiger partial charge is 0.385 e. The van der Waals surface area contributed by atoms with Crippen molar-refractivity contribution in [3.8, 4) is 11.5 Å². The van der Waals surface area contributed by atoms with Crippen LogP contribution in [0.2, 0.25) is 0 Å². The molecule has 0 unspecified atom stereocenters. The van der Waals surface area contributed by atoms with Crippen molar-refractivity contribution in [3.63, 3.8) is 0 Å². The molecule has 0 spiro atoms. The van der Waals surface area contributed by atoms with Crippen LogP contribution in [-0.4, -0.2) is 38.5 Å². The van der Waals surface area contributed by atoms with Crippen LogP contribution >= 0.6 is 0 Å². The Balaban J connectivity index is 2.54. The molecule has 1 heterocycles. The molecule has 0 atom stereocenters. The van der Waals surface area contributed by atoms with Crippen LogP contribution in [0.15, 0.2) is 23.8 Å². The van der Waals surface area contributed by atoms with Crippen LogP contribution in [0.5, 0.6) is 11.5 Å². The van der Waals surface area contributed by atoms with Gasteiger partial charge in [-0.25, -0.2) is 9.59 Å².